The van der Waals surface area contributed by atoms with Gasteiger partial charge in [0.2, 0.25) is 0 Å². The molecule has 1 N–H and O–H groups in total. The molecule has 27 heavy (non-hydrogen) atoms. The predicted octanol–water partition coefficient (Wildman–Crippen LogP) is 3.95. The van der Waals surface area contributed by atoms with Gasteiger partial charge >= 0.3 is 0 Å². The first-order valence-electron chi connectivity index (χ1n) is 9.58. The second kappa shape index (κ2) is 7.03. The fourth-order valence-corrected chi connectivity index (χ4v) is 4.20. The minimum Gasteiger partial charge on any atom is -0.322 e. The number of carbonyl (C=O) groups is 1. The molecule has 4 nitrogen and oxygen atoms in total. The molecule has 138 valence electrons. The Hall–Kier alpha value is -2.88. The van der Waals surface area contributed by atoms with Crippen LogP contribution in [0.15, 0.2) is 48.7 Å². The highest BCUT2D eigenvalue weighted by Gasteiger charge is 2.29. The lowest BCUT2D eigenvalue weighted by Crippen LogP contribution is -2.42. The van der Waals surface area contributed by atoms with Gasteiger partial charge < -0.3 is 5.32 Å². The molecule has 0 fully saturated rings. The van der Waals surface area contributed by atoms with E-state index in [1.54, 1.807) is 0 Å². The van der Waals surface area contributed by atoms with E-state index in [2.05, 4.69) is 64.0 Å². The van der Waals surface area contributed by atoms with Crippen molar-refractivity contribution in [3.05, 3.63) is 71.2 Å². The van der Waals surface area contributed by atoms with Gasteiger partial charge in [-0.25, -0.2) is 9.13 Å². The third kappa shape index (κ3) is 3.39. The Kier molecular flexibility index (Phi) is 4.56. The van der Waals surface area contributed by atoms with Gasteiger partial charge in [-0.15, -0.1) is 0 Å². The van der Waals surface area contributed by atoms with Gasteiger partial charge in [-0.05, 0) is 38.3 Å². The van der Waals surface area contributed by atoms with Crippen molar-refractivity contribution in [3.8, 4) is 11.3 Å². The molecule has 1 aliphatic rings. The lowest BCUT2D eigenvalue weighted by atomic mass is 10.1. The standard InChI is InChI=1S/C23H25N3O/c1-16-12-17(2)23(18(3)13-16)24-21(27)15-25-14-20(19-8-5-4-6-9-19)26-11-7-10-22(25)26/h4-6,8-9,12-14H,7,10-11,15H2,1-3H3/p+1. The number of benzene rings is 2. The molecule has 0 saturated heterocycles. The Bertz CT molecular complexity index is 979. The van der Waals surface area contributed by atoms with E-state index in [-0.39, 0.29) is 5.91 Å². The number of carbonyl (C=O) groups excluding carboxylic acids is 1. The minimum absolute atomic E-state index is 0.0231. The molecule has 4 heteroatoms. The highest BCUT2D eigenvalue weighted by atomic mass is 16.1. The zero-order chi connectivity index (χ0) is 19.0. The zero-order valence-electron chi connectivity index (χ0n) is 16.2. The molecule has 4 rings (SSSR count). The predicted molar refractivity (Wildman–Crippen MR) is 108 cm³/mol. The fourth-order valence-electron chi connectivity index (χ4n) is 4.20. The van der Waals surface area contributed by atoms with Crippen LogP contribution in [-0.4, -0.2) is 10.5 Å². The lowest BCUT2D eigenvalue weighted by Gasteiger charge is -2.12. The third-order valence-electron chi connectivity index (χ3n) is 5.32. The van der Waals surface area contributed by atoms with Crippen LogP contribution in [0.4, 0.5) is 5.69 Å². The van der Waals surface area contributed by atoms with Crippen molar-refractivity contribution in [3.63, 3.8) is 0 Å². The van der Waals surface area contributed by atoms with E-state index in [4.69, 9.17) is 0 Å². The molecule has 0 saturated carbocycles. The van der Waals surface area contributed by atoms with E-state index in [1.165, 1.54) is 22.6 Å². The van der Waals surface area contributed by atoms with Gasteiger partial charge in [0.1, 0.15) is 6.20 Å². The van der Waals surface area contributed by atoms with E-state index in [1.807, 2.05) is 19.9 Å². The molecule has 0 unspecified atom stereocenters. The molecule has 1 aliphatic heterocycles. The van der Waals surface area contributed by atoms with E-state index < -0.39 is 0 Å². The van der Waals surface area contributed by atoms with E-state index >= 15 is 0 Å². The van der Waals surface area contributed by atoms with Crippen LogP contribution in [-0.2, 0) is 24.3 Å². The first-order valence-corrected chi connectivity index (χ1v) is 9.58. The number of hydrogen-bond donors (Lipinski definition) is 1. The monoisotopic (exact) mass is 360 g/mol. The van der Waals surface area contributed by atoms with Crippen molar-refractivity contribution in [2.75, 3.05) is 5.32 Å². The molecule has 1 amide bonds. The maximum Gasteiger partial charge on any atom is 0.266 e. The maximum atomic E-state index is 12.8. The molecular weight excluding hydrogens is 334 g/mol. The minimum atomic E-state index is 0.0231. The van der Waals surface area contributed by atoms with Gasteiger partial charge in [-0.2, -0.15) is 0 Å². The van der Waals surface area contributed by atoms with Gasteiger partial charge in [-0.1, -0.05) is 48.0 Å². The molecule has 0 spiro atoms. The van der Waals surface area contributed by atoms with Crippen molar-refractivity contribution in [2.24, 2.45) is 0 Å². The topological polar surface area (TPSA) is 37.9 Å². The highest BCUT2D eigenvalue weighted by Crippen LogP contribution is 2.25. The summed E-state index contributed by atoms with van der Waals surface area (Å²) in [4.78, 5) is 12.8. The second-order valence-corrected chi connectivity index (χ2v) is 7.50. The summed E-state index contributed by atoms with van der Waals surface area (Å²) in [6.07, 6.45) is 4.27. The summed E-state index contributed by atoms with van der Waals surface area (Å²) in [5.74, 6) is 1.26. The van der Waals surface area contributed by atoms with Crippen molar-refractivity contribution in [2.45, 2.75) is 46.7 Å². The molecule has 2 heterocycles. The number of imidazole rings is 1. The molecule has 0 atom stereocenters. The Labute approximate surface area is 160 Å². The molecule has 3 aromatic rings. The number of aromatic nitrogens is 2. The van der Waals surface area contributed by atoms with E-state index in [9.17, 15) is 4.79 Å². The van der Waals surface area contributed by atoms with Crippen LogP contribution in [0.5, 0.6) is 0 Å². The molecule has 1 aromatic heterocycles. The molecule has 0 radical (unpaired) electrons. The van der Waals surface area contributed by atoms with Gasteiger partial charge in [0.25, 0.3) is 11.7 Å². The summed E-state index contributed by atoms with van der Waals surface area (Å²) >= 11 is 0. The lowest BCUT2D eigenvalue weighted by molar-refractivity contribution is -0.690. The average molecular weight is 360 g/mol. The van der Waals surface area contributed by atoms with Gasteiger partial charge in [0.05, 0.1) is 13.0 Å². The Morgan fingerprint density at radius 2 is 1.81 bits per heavy atom. The second-order valence-electron chi connectivity index (χ2n) is 7.50. The number of aryl methyl sites for hydroxylation is 3. The summed E-state index contributed by atoms with van der Waals surface area (Å²) in [7, 11) is 0. The van der Waals surface area contributed by atoms with Crippen LogP contribution in [0, 0.1) is 20.8 Å². The van der Waals surface area contributed by atoms with Crippen molar-refractivity contribution in [1.82, 2.24) is 4.57 Å². The van der Waals surface area contributed by atoms with Crippen LogP contribution in [0.2, 0.25) is 0 Å². The smallest absolute Gasteiger partial charge is 0.266 e. The van der Waals surface area contributed by atoms with Crippen LogP contribution in [0.3, 0.4) is 0 Å². The van der Waals surface area contributed by atoms with Crippen LogP contribution < -0.4 is 9.88 Å². The van der Waals surface area contributed by atoms with Crippen molar-refractivity contribution >= 4 is 11.6 Å². The van der Waals surface area contributed by atoms with Gasteiger partial charge in [0.15, 0.2) is 12.2 Å². The normalized spacial score (nSPS) is 12.9. The summed E-state index contributed by atoms with van der Waals surface area (Å²) in [6, 6.07) is 14.6. The number of amides is 1. The number of rotatable bonds is 4. The Morgan fingerprint density at radius 1 is 1.11 bits per heavy atom. The number of nitrogens with one attached hydrogen (secondary N) is 1. The number of hydrogen-bond acceptors (Lipinski definition) is 1. The molecule has 0 bridgehead atoms. The Balaban J connectivity index is 1.60. The molecule has 0 aliphatic carbocycles. The summed E-state index contributed by atoms with van der Waals surface area (Å²) in [5, 5.41) is 3.13. The third-order valence-corrected chi connectivity index (χ3v) is 5.32. The highest BCUT2D eigenvalue weighted by molar-refractivity contribution is 5.91. The van der Waals surface area contributed by atoms with Gasteiger partial charge in [0, 0.05) is 11.3 Å². The first kappa shape index (κ1) is 17.5. The maximum absolute atomic E-state index is 12.8. The van der Waals surface area contributed by atoms with Crippen molar-refractivity contribution in [1.29, 1.82) is 0 Å². The zero-order valence-corrected chi connectivity index (χ0v) is 16.2. The van der Waals surface area contributed by atoms with Crippen LogP contribution >= 0.6 is 0 Å². The van der Waals surface area contributed by atoms with E-state index in [0.29, 0.717) is 6.54 Å². The average Bonchev–Trinajstić information content (AvgIpc) is 3.23. The SMILES string of the molecule is Cc1cc(C)c(NC(=O)C[n+]2cc(-c3ccccc3)n3c2CCC3)c(C)c1. The van der Waals surface area contributed by atoms with E-state index in [0.717, 1.165) is 36.2 Å². The van der Waals surface area contributed by atoms with Crippen LogP contribution in [0.25, 0.3) is 11.3 Å². The fraction of sp³-hybridized carbons (Fsp3) is 0.304. The summed E-state index contributed by atoms with van der Waals surface area (Å²) in [6.45, 7) is 7.54. The quantitative estimate of drug-likeness (QED) is 0.703. The van der Waals surface area contributed by atoms with Crippen molar-refractivity contribution < 1.29 is 9.36 Å². The number of nitrogens with zero attached hydrogens (tertiary/aromatic N) is 2. The van der Waals surface area contributed by atoms with Crippen LogP contribution in [0.1, 0.15) is 28.9 Å². The molecular formula is C23H26N3O+. The largest absolute Gasteiger partial charge is 0.322 e. The molecule has 2 aromatic carbocycles. The number of fused-ring (bicyclic) bond motifs is 1. The Morgan fingerprint density at radius 3 is 2.52 bits per heavy atom. The van der Waals surface area contributed by atoms with Gasteiger partial charge in [-0.3, -0.25) is 4.79 Å². The number of anilines is 1. The summed E-state index contributed by atoms with van der Waals surface area (Å²) < 4.78 is 4.47. The first-order chi connectivity index (χ1) is 13.0. The summed E-state index contributed by atoms with van der Waals surface area (Å²) in [5.41, 5.74) is 6.76.